The zero-order valence-electron chi connectivity index (χ0n) is 11.9. The van der Waals surface area contributed by atoms with Crippen LogP contribution in [0, 0.1) is 11.3 Å². The summed E-state index contributed by atoms with van der Waals surface area (Å²) in [6, 6.07) is 16.5. The van der Waals surface area contributed by atoms with Crippen LogP contribution in [0.5, 0.6) is 0 Å². The van der Waals surface area contributed by atoms with Crippen LogP contribution in [0.3, 0.4) is 0 Å². The van der Waals surface area contributed by atoms with Gasteiger partial charge in [-0.1, -0.05) is 42.5 Å². The Balaban J connectivity index is 1.73. The lowest BCUT2D eigenvalue weighted by Gasteiger charge is -2.22. The molecule has 0 spiro atoms. The van der Waals surface area contributed by atoms with Gasteiger partial charge in [-0.2, -0.15) is 5.26 Å². The van der Waals surface area contributed by atoms with E-state index in [1.807, 2.05) is 36.4 Å². The number of nitrogens with one attached hydrogen (secondary N) is 1. The van der Waals surface area contributed by atoms with Crippen LogP contribution in [0.25, 0.3) is 10.8 Å². The molecule has 1 N–H and O–H groups in total. The highest BCUT2D eigenvalue weighted by Crippen LogP contribution is 2.29. The van der Waals surface area contributed by atoms with Crippen molar-refractivity contribution in [2.24, 2.45) is 0 Å². The first-order valence-electron chi connectivity index (χ1n) is 7.41. The van der Waals surface area contributed by atoms with E-state index in [0.29, 0.717) is 6.42 Å². The average molecular weight is 278 g/mol. The van der Waals surface area contributed by atoms with Crippen LogP contribution in [0.4, 0.5) is 0 Å². The van der Waals surface area contributed by atoms with Gasteiger partial charge in [0.15, 0.2) is 0 Å². The number of amides is 1. The summed E-state index contributed by atoms with van der Waals surface area (Å²) in [5.41, 5.74) is 0.353. The van der Waals surface area contributed by atoms with Crippen molar-refractivity contribution in [3.8, 4) is 6.07 Å². The molecule has 0 aromatic heterocycles. The second-order valence-electron chi connectivity index (χ2n) is 5.81. The van der Waals surface area contributed by atoms with Gasteiger partial charge < -0.3 is 5.32 Å². The van der Waals surface area contributed by atoms with Crippen molar-refractivity contribution in [1.82, 2.24) is 5.32 Å². The van der Waals surface area contributed by atoms with Crippen molar-refractivity contribution >= 4 is 16.7 Å². The molecule has 0 unspecified atom stereocenters. The molecule has 21 heavy (non-hydrogen) atoms. The number of carbonyl (C=O) groups excluding carboxylic acids is 1. The van der Waals surface area contributed by atoms with Crippen LogP contribution in [-0.2, 0) is 11.2 Å². The van der Waals surface area contributed by atoms with Gasteiger partial charge in [0.25, 0.3) is 0 Å². The molecule has 3 nitrogen and oxygen atoms in total. The van der Waals surface area contributed by atoms with E-state index in [0.717, 1.165) is 36.6 Å². The molecule has 0 bridgehead atoms. The smallest absolute Gasteiger partial charge is 0.225 e. The minimum atomic E-state index is -0.631. The second-order valence-corrected chi connectivity index (χ2v) is 5.81. The zero-order chi connectivity index (χ0) is 14.7. The van der Waals surface area contributed by atoms with E-state index in [-0.39, 0.29) is 5.91 Å². The molecule has 0 aliphatic heterocycles. The maximum atomic E-state index is 12.2. The molecule has 0 atom stereocenters. The van der Waals surface area contributed by atoms with Crippen LogP contribution < -0.4 is 5.32 Å². The summed E-state index contributed by atoms with van der Waals surface area (Å²) in [4.78, 5) is 12.2. The van der Waals surface area contributed by atoms with Gasteiger partial charge in [-0.3, -0.25) is 4.79 Å². The van der Waals surface area contributed by atoms with Gasteiger partial charge in [-0.25, -0.2) is 0 Å². The second kappa shape index (κ2) is 5.57. The van der Waals surface area contributed by atoms with Gasteiger partial charge in [0.2, 0.25) is 5.91 Å². The number of nitrogens with zero attached hydrogens (tertiary/aromatic N) is 1. The topological polar surface area (TPSA) is 52.9 Å². The first kappa shape index (κ1) is 13.6. The predicted octanol–water partition coefficient (Wildman–Crippen LogP) is 3.33. The van der Waals surface area contributed by atoms with E-state index in [4.69, 9.17) is 0 Å². The SMILES string of the molecule is N#CC1(NC(=O)Cc2ccc3ccccc3c2)CCCC1. The third-order valence-electron chi connectivity index (χ3n) is 4.23. The van der Waals surface area contributed by atoms with Gasteiger partial charge in [0.1, 0.15) is 5.54 Å². The molecule has 1 aliphatic carbocycles. The summed E-state index contributed by atoms with van der Waals surface area (Å²) in [7, 11) is 0. The minimum Gasteiger partial charge on any atom is -0.338 e. The summed E-state index contributed by atoms with van der Waals surface area (Å²) in [5.74, 6) is -0.0614. The molecular formula is C18H18N2O. The number of fused-ring (bicyclic) bond motifs is 1. The lowest BCUT2D eigenvalue weighted by atomic mass is 9.99. The Hall–Kier alpha value is -2.34. The minimum absolute atomic E-state index is 0.0614. The van der Waals surface area contributed by atoms with Crippen molar-refractivity contribution in [1.29, 1.82) is 5.26 Å². The molecule has 1 saturated carbocycles. The zero-order valence-corrected chi connectivity index (χ0v) is 11.9. The number of rotatable bonds is 3. The maximum Gasteiger partial charge on any atom is 0.225 e. The van der Waals surface area contributed by atoms with Crippen LogP contribution in [0.2, 0.25) is 0 Å². The summed E-state index contributed by atoms with van der Waals surface area (Å²) >= 11 is 0. The highest BCUT2D eigenvalue weighted by Gasteiger charge is 2.35. The highest BCUT2D eigenvalue weighted by molar-refractivity contribution is 5.85. The molecule has 3 rings (SSSR count). The highest BCUT2D eigenvalue weighted by atomic mass is 16.1. The number of nitriles is 1. The fourth-order valence-electron chi connectivity index (χ4n) is 3.09. The van der Waals surface area contributed by atoms with E-state index in [9.17, 15) is 10.1 Å². The number of hydrogen-bond donors (Lipinski definition) is 1. The predicted molar refractivity (Wildman–Crippen MR) is 82.6 cm³/mol. The van der Waals surface area contributed by atoms with Crippen LogP contribution >= 0.6 is 0 Å². The third-order valence-corrected chi connectivity index (χ3v) is 4.23. The van der Waals surface area contributed by atoms with E-state index in [2.05, 4.69) is 17.5 Å². The fraction of sp³-hybridized carbons (Fsp3) is 0.333. The molecule has 2 aromatic carbocycles. The Bertz CT molecular complexity index is 708. The Labute approximate surface area is 124 Å². The third kappa shape index (κ3) is 2.90. The normalized spacial score (nSPS) is 16.5. The quantitative estimate of drug-likeness (QED) is 0.936. The van der Waals surface area contributed by atoms with E-state index in [1.165, 1.54) is 5.39 Å². The van der Waals surface area contributed by atoms with Gasteiger partial charge in [0.05, 0.1) is 12.5 Å². The van der Waals surface area contributed by atoms with Crippen molar-refractivity contribution in [3.63, 3.8) is 0 Å². The van der Waals surface area contributed by atoms with Crippen molar-refractivity contribution in [3.05, 3.63) is 48.0 Å². The Morgan fingerprint density at radius 1 is 1.14 bits per heavy atom. The first-order chi connectivity index (χ1) is 10.2. The Kier molecular flexibility index (Phi) is 3.62. The van der Waals surface area contributed by atoms with Crippen molar-refractivity contribution in [2.45, 2.75) is 37.6 Å². The molecular weight excluding hydrogens is 260 g/mol. The molecule has 1 aliphatic rings. The summed E-state index contributed by atoms with van der Waals surface area (Å²) < 4.78 is 0. The number of hydrogen-bond acceptors (Lipinski definition) is 2. The van der Waals surface area contributed by atoms with Crippen LogP contribution in [0.1, 0.15) is 31.2 Å². The van der Waals surface area contributed by atoms with Gasteiger partial charge in [-0.05, 0) is 42.0 Å². The molecule has 0 heterocycles. The maximum absolute atomic E-state index is 12.2. The van der Waals surface area contributed by atoms with E-state index in [1.54, 1.807) is 0 Å². The molecule has 2 aromatic rings. The fourth-order valence-corrected chi connectivity index (χ4v) is 3.09. The Morgan fingerprint density at radius 3 is 2.57 bits per heavy atom. The summed E-state index contributed by atoms with van der Waals surface area (Å²) in [5, 5.41) is 14.6. The van der Waals surface area contributed by atoms with Crippen LogP contribution in [0.15, 0.2) is 42.5 Å². The van der Waals surface area contributed by atoms with E-state index >= 15 is 0 Å². The molecule has 106 valence electrons. The van der Waals surface area contributed by atoms with Crippen molar-refractivity contribution in [2.75, 3.05) is 0 Å². The van der Waals surface area contributed by atoms with Gasteiger partial charge >= 0.3 is 0 Å². The molecule has 3 heteroatoms. The standard InChI is InChI=1S/C18H18N2O/c19-13-18(9-3-4-10-18)20-17(21)12-14-7-8-15-5-1-2-6-16(15)11-14/h1-2,5-8,11H,3-4,9-10,12H2,(H,20,21). The molecule has 1 fully saturated rings. The summed E-state index contributed by atoms with van der Waals surface area (Å²) in [6.07, 6.45) is 3.90. The lowest BCUT2D eigenvalue weighted by Crippen LogP contribution is -2.45. The van der Waals surface area contributed by atoms with Gasteiger partial charge in [0, 0.05) is 0 Å². The molecule has 1 amide bonds. The first-order valence-corrected chi connectivity index (χ1v) is 7.41. The average Bonchev–Trinajstić information content (AvgIpc) is 2.96. The number of benzene rings is 2. The lowest BCUT2D eigenvalue weighted by molar-refractivity contribution is -0.121. The molecule has 0 radical (unpaired) electrons. The summed E-state index contributed by atoms with van der Waals surface area (Å²) in [6.45, 7) is 0. The molecule has 0 saturated heterocycles. The largest absolute Gasteiger partial charge is 0.338 e. The Morgan fingerprint density at radius 2 is 1.86 bits per heavy atom. The van der Waals surface area contributed by atoms with E-state index < -0.39 is 5.54 Å². The number of carbonyl (C=O) groups is 1. The van der Waals surface area contributed by atoms with Gasteiger partial charge in [-0.15, -0.1) is 0 Å². The van der Waals surface area contributed by atoms with Crippen LogP contribution in [-0.4, -0.2) is 11.4 Å². The monoisotopic (exact) mass is 278 g/mol. The van der Waals surface area contributed by atoms with Crippen molar-refractivity contribution < 1.29 is 4.79 Å².